The van der Waals surface area contributed by atoms with Crippen molar-refractivity contribution in [3.8, 4) is 11.5 Å². The van der Waals surface area contributed by atoms with E-state index in [0.29, 0.717) is 13.3 Å². The summed E-state index contributed by atoms with van der Waals surface area (Å²) in [6.45, 7) is 6.85. The van der Waals surface area contributed by atoms with Crippen LogP contribution < -0.4 is 19.7 Å². The third kappa shape index (κ3) is 3.50. The zero-order valence-electron chi connectivity index (χ0n) is 15.8. The van der Waals surface area contributed by atoms with Crippen LogP contribution in [0.2, 0.25) is 0 Å². The molecule has 3 heterocycles. The first kappa shape index (κ1) is 17.3. The minimum atomic E-state index is 0.298. The number of ether oxygens (including phenoxy) is 3. The molecule has 0 amide bonds. The average molecular weight is 381 g/mol. The second-order valence-electron chi connectivity index (χ2n) is 7.23. The van der Waals surface area contributed by atoms with E-state index in [1.165, 1.54) is 5.52 Å². The van der Waals surface area contributed by atoms with E-state index in [-0.39, 0.29) is 0 Å². The standard InChI is InChI=1S/C21H24N4O3/c1-2-4-18-17(3-1)23-21(25(18)8-7-24-9-11-26-12-10-24)22-14-16-5-6-19-20(13-16)28-15-27-19/h1-6,13H,7-12,14-15H2,(H,22,23)/p+1. The van der Waals surface area contributed by atoms with Crippen molar-refractivity contribution in [2.24, 2.45) is 0 Å². The number of hydrogen-bond acceptors (Lipinski definition) is 5. The van der Waals surface area contributed by atoms with Crippen LogP contribution >= 0.6 is 0 Å². The second kappa shape index (κ2) is 7.69. The molecule has 5 rings (SSSR count). The molecule has 1 aromatic heterocycles. The molecule has 2 N–H and O–H groups in total. The topological polar surface area (TPSA) is 62.0 Å². The Kier molecular flexibility index (Phi) is 4.76. The summed E-state index contributed by atoms with van der Waals surface area (Å²) in [5.41, 5.74) is 3.33. The predicted octanol–water partition coefficient (Wildman–Crippen LogP) is 1.29. The highest BCUT2D eigenvalue weighted by Gasteiger charge is 2.17. The monoisotopic (exact) mass is 381 g/mol. The molecule has 7 heteroatoms. The van der Waals surface area contributed by atoms with Gasteiger partial charge < -0.3 is 29.0 Å². The Balaban J connectivity index is 1.34. The van der Waals surface area contributed by atoms with Gasteiger partial charge in [-0.05, 0) is 29.8 Å². The molecule has 7 nitrogen and oxygen atoms in total. The van der Waals surface area contributed by atoms with Crippen molar-refractivity contribution >= 4 is 17.0 Å². The Hall–Kier alpha value is -2.77. The van der Waals surface area contributed by atoms with Gasteiger partial charge in [0, 0.05) is 6.54 Å². The van der Waals surface area contributed by atoms with Gasteiger partial charge in [0.25, 0.3) is 0 Å². The molecule has 146 valence electrons. The fourth-order valence-electron chi connectivity index (χ4n) is 3.85. The van der Waals surface area contributed by atoms with Crippen LogP contribution in [-0.2, 0) is 17.8 Å². The van der Waals surface area contributed by atoms with Crippen molar-refractivity contribution < 1.29 is 19.1 Å². The van der Waals surface area contributed by atoms with E-state index in [4.69, 9.17) is 19.2 Å². The van der Waals surface area contributed by atoms with E-state index in [1.807, 2.05) is 18.2 Å². The molecular formula is C21H25N4O3+. The van der Waals surface area contributed by atoms with Crippen molar-refractivity contribution in [2.75, 3.05) is 45.0 Å². The molecule has 0 atom stereocenters. The summed E-state index contributed by atoms with van der Waals surface area (Å²) in [7, 11) is 0. The zero-order chi connectivity index (χ0) is 18.8. The van der Waals surface area contributed by atoms with Gasteiger partial charge in [0.05, 0.1) is 37.3 Å². The van der Waals surface area contributed by atoms with Crippen LogP contribution in [0.4, 0.5) is 5.95 Å². The number of para-hydroxylation sites is 2. The van der Waals surface area contributed by atoms with E-state index < -0.39 is 0 Å². The van der Waals surface area contributed by atoms with Crippen LogP contribution in [0.3, 0.4) is 0 Å². The van der Waals surface area contributed by atoms with Crippen molar-refractivity contribution in [2.45, 2.75) is 13.1 Å². The van der Waals surface area contributed by atoms with Gasteiger partial charge in [-0.1, -0.05) is 18.2 Å². The maximum absolute atomic E-state index is 5.48. The lowest BCUT2D eigenvalue weighted by Gasteiger charge is -2.24. The van der Waals surface area contributed by atoms with Gasteiger partial charge in [0.15, 0.2) is 11.5 Å². The van der Waals surface area contributed by atoms with Crippen LogP contribution in [0.1, 0.15) is 5.56 Å². The first-order valence-corrected chi connectivity index (χ1v) is 9.86. The molecule has 0 unspecified atom stereocenters. The molecule has 0 aliphatic carbocycles. The highest BCUT2D eigenvalue weighted by molar-refractivity contribution is 5.78. The first-order valence-electron chi connectivity index (χ1n) is 9.86. The summed E-state index contributed by atoms with van der Waals surface area (Å²) in [6, 6.07) is 14.4. The number of aromatic nitrogens is 2. The highest BCUT2D eigenvalue weighted by Crippen LogP contribution is 2.32. The van der Waals surface area contributed by atoms with Crippen LogP contribution in [0.15, 0.2) is 42.5 Å². The normalized spacial score (nSPS) is 16.6. The molecule has 0 bridgehead atoms. The van der Waals surface area contributed by atoms with E-state index in [2.05, 4.69) is 34.1 Å². The summed E-state index contributed by atoms with van der Waals surface area (Å²) in [5, 5.41) is 3.52. The predicted molar refractivity (Wildman–Crippen MR) is 106 cm³/mol. The van der Waals surface area contributed by atoms with Crippen molar-refractivity contribution in [1.82, 2.24) is 9.55 Å². The number of rotatable bonds is 6. The smallest absolute Gasteiger partial charge is 0.231 e. The third-order valence-corrected chi connectivity index (χ3v) is 5.43. The number of imidazole rings is 1. The van der Waals surface area contributed by atoms with E-state index in [1.54, 1.807) is 4.90 Å². The summed E-state index contributed by atoms with van der Waals surface area (Å²) >= 11 is 0. The largest absolute Gasteiger partial charge is 0.454 e. The van der Waals surface area contributed by atoms with Crippen LogP contribution in [-0.4, -0.2) is 49.2 Å². The minimum Gasteiger partial charge on any atom is -0.454 e. The van der Waals surface area contributed by atoms with E-state index in [9.17, 15) is 0 Å². The number of benzene rings is 2. The maximum atomic E-state index is 5.48. The lowest BCUT2D eigenvalue weighted by molar-refractivity contribution is -0.908. The molecule has 1 saturated heterocycles. The number of fused-ring (bicyclic) bond motifs is 2. The fourth-order valence-corrected chi connectivity index (χ4v) is 3.85. The highest BCUT2D eigenvalue weighted by atomic mass is 16.7. The molecule has 2 aliphatic heterocycles. The average Bonchev–Trinajstić information content (AvgIpc) is 3.35. The molecule has 0 saturated carbocycles. The number of anilines is 1. The summed E-state index contributed by atoms with van der Waals surface area (Å²) in [4.78, 5) is 6.41. The van der Waals surface area contributed by atoms with Crippen molar-refractivity contribution in [3.05, 3.63) is 48.0 Å². The summed E-state index contributed by atoms with van der Waals surface area (Å²) in [5.74, 6) is 2.53. The summed E-state index contributed by atoms with van der Waals surface area (Å²) in [6.07, 6.45) is 0. The van der Waals surface area contributed by atoms with Gasteiger partial charge in [-0.25, -0.2) is 4.98 Å². The fraction of sp³-hybridized carbons (Fsp3) is 0.381. The molecule has 0 radical (unpaired) electrons. The molecule has 1 fully saturated rings. The minimum absolute atomic E-state index is 0.298. The zero-order valence-corrected chi connectivity index (χ0v) is 15.8. The Morgan fingerprint density at radius 2 is 1.89 bits per heavy atom. The lowest BCUT2D eigenvalue weighted by atomic mass is 10.2. The van der Waals surface area contributed by atoms with Gasteiger partial charge >= 0.3 is 0 Å². The van der Waals surface area contributed by atoms with Crippen molar-refractivity contribution in [3.63, 3.8) is 0 Å². The number of nitrogens with zero attached hydrogens (tertiary/aromatic N) is 2. The van der Waals surface area contributed by atoms with Gasteiger partial charge in [-0.2, -0.15) is 0 Å². The quantitative estimate of drug-likeness (QED) is 0.674. The second-order valence-corrected chi connectivity index (χ2v) is 7.23. The van der Waals surface area contributed by atoms with E-state index in [0.717, 1.165) is 67.9 Å². The third-order valence-electron chi connectivity index (χ3n) is 5.43. The molecule has 2 aliphatic rings. The Morgan fingerprint density at radius 3 is 2.82 bits per heavy atom. The Morgan fingerprint density at radius 1 is 1.04 bits per heavy atom. The summed E-state index contributed by atoms with van der Waals surface area (Å²) < 4.78 is 18.7. The Labute approximate surface area is 163 Å². The lowest BCUT2D eigenvalue weighted by Crippen LogP contribution is -3.14. The van der Waals surface area contributed by atoms with Crippen LogP contribution in [0, 0.1) is 0 Å². The van der Waals surface area contributed by atoms with Gasteiger partial charge in [-0.3, -0.25) is 0 Å². The maximum Gasteiger partial charge on any atom is 0.231 e. The molecular weight excluding hydrogens is 356 g/mol. The van der Waals surface area contributed by atoms with E-state index >= 15 is 0 Å². The first-order chi connectivity index (χ1) is 13.9. The number of quaternary nitrogens is 1. The molecule has 2 aromatic carbocycles. The van der Waals surface area contributed by atoms with Gasteiger partial charge in [0.2, 0.25) is 12.7 Å². The Bertz CT molecular complexity index is 965. The van der Waals surface area contributed by atoms with Gasteiger partial charge in [-0.15, -0.1) is 0 Å². The van der Waals surface area contributed by atoms with Crippen molar-refractivity contribution in [1.29, 1.82) is 0 Å². The van der Waals surface area contributed by atoms with Crippen LogP contribution in [0.5, 0.6) is 11.5 Å². The molecule has 3 aromatic rings. The number of nitrogens with one attached hydrogen (secondary N) is 2. The number of morpholine rings is 1. The van der Waals surface area contributed by atoms with Crippen LogP contribution in [0.25, 0.3) is 11.0 Å². The molecule has 28 heavy (non-hydrogen) atoms. The van der Waals surface area contributed by atoms with Gasteiger partial charge in [0.1, 0.15) is 13.1 Å². The number of hydrogen-bond donors (Lipinski definition) is 2. The SMILES string of the molecule is c1ccc2c(c1)nc(NCc1ccc3c(c1)OCO3)n2CC[NH+]1CCOCC1. The molecule has 0 spiro atoms.